The van der Waals surface area contributed by atoms with E-state index in [0.29, 0.717) is 12.3 Å². The van der Waals surface area contributed by atoms with Gasteiger partial charge in [0.2, 0.25) is 0 Å². The lowest BCUT2D eigenvalue weighted by atomic mass is 9.70. The minimum absolute atomic E-state index is 0.0926. The highest BCUT2D eigenvalue weighted by molar-refractivity contribution is 4.81. The van der Waals surface area contributed by atoms with Crippen LogP contribution in [-0.4, -0.2) is 17.4 Å². The monoisotopic (exact) mass is 292 g/mol. The van der Waals surface area contributed by atoms with Gasteiger partial charge in [-0.2, -0.15) is 13.2 Å². The summed E-state index contributed by atoms with van der Waals surface area (Å²) in [5, 5.41) is 9.54. The number of aliphatic hydroxyl groups excluding tert-OH is 1. The fourth-order valence-corrected chi connectivity index (χ4v) is 4.11. The first-order valence-corrected chi connectivity index (χ1v) is 8.19. The molecular formula is C16H27F3O. The molecular weight excluding hydrogens is 265 g/mol. The molecule has 4 heteroatoms. The number of halogens is 3. The Hall–Kier alpha value is -0.250. The van der Waals surface area contributed by atoms with Gasteiger partial charge in [-0.05, 0) is 62.7 Å². The Morgan fingerprint density at radius 1 is 0.800 bits per heavy atom. The van der Waals surface area contributed by atoms with Crippen molar-refractivity contribution in [3.63, 3.8) is 0 Å². The topological polar surface area (TPSA) is 20.2 Å². The largest absolute Gasteiger partial charge is 0.393 e. The van der Waals surface area contributed by atoms with Gasteiger partial charge in [-0.15, -0.1) is 0 Å². The second-order valence-corrected chi connectivity index (χ2v) is 6.86. The maximum Gasteiger partial charge on any atom is 0.389 e. The number of alkyl halides is 3. The van der Waals surface area contributed by atoms with Crippen LogP contribution in [0.1, 0.15) is 70.6 Å². The van der Waals surface area contributed by atoms with E-state index in [9.17, 15) is 18.3 Å². The van der Waals surface area contributed by atoms with Crippen molar-refractivity contribution in [2.45, 2.75) is 82.9 Å². The van der Waals surface area contributed by atoms with Crippen LogP contribution < -0.4 is 0 Å². The highest BCUT2D eigenvalue weighted by Gasteiger charge is 2.31. The Kier molecular flexibility index (Phi) is 5.76. The summed E-state index contributed by atoms with van der Waals surface area (Å²) in [6.07, 6.45) is 5.13. The van der Waals surface area contributed by atoms with Crippen molar-refractivity contribution in [2.75, 3.05) is 0 Å². The summed E-state index contributed by atoms with van der Waals surface area (Å²) in [6, 6.07) is 0. The Balaban J connectivity index is 1.62. The molecule has 0 bridgehead atoms. The molecule has 118 valence electrons. The molecule has 0 aromatic rings. The van der Waals surface area contributed by atoms with E-state index in [2.05, 4.69) is 0 Å². The molecule has 0 aliphatic heterocycles. The van der Waals surface area contributed by atoms with Crippen LogP contribution in [0.25, 0.3) is 0 Å². The third kappa shape index (κ3) is 5.27. The summed E-state index contributed by atoms with van der Waals surface area (Å²) < 4.78 is 36.4. The smallest absolute Gasteiger partial charge is 0.389 e. The minimum atomic E-state index is -3.99. The van der Waals surface area contributed by atoms with Crippen LogP contribution in [0.4, 0.5) is 13.2 Å². The Morgan fingerprint density at radius 2 is 1.30 bits per heavy atom. The Labute approximate surface area is 119 Å². The number of hydrogen-bond acceptors (Lipinski definition) is 1. The molecule has 0 aromatic carbocycles. The van der Waals surface area contributed by atoms with E-state index in [-0.39, 0.29) is 6.10 Å². The molecule has 0 unspecified atom stereocenters. The van der Waals surface area contributed by atoms with Crippen LogP contribution in [0.2, 0.25) is 0 Å². The van der Waals surface area contributed by atoms with Gasteiger partial charge in [-0.1, -0.05) is 19.3 Å². The maximum absolute atomic E-state index is 12.1. The highest BCUT2D eigenvalue weighted by Crippen LogP contribution is 2.41. The standard InChI is InChI=1S/C16H27F3O/c17-16(18,19)11-1-2-12-3-5-13(6-4-12)14-7-9-15(20)10-8-14/h12-15,20H,1-11H2. The molecule has 2 aliphatic carbocycles. The van der Waals surface area contributed by atoms with Crippen molar-refractivity contribution >= 4 is 0 Å². The third-order valence-corrected chi connectivity index (χ3v) is 5.37. The summed E-state index contributed by atoms with van der Waals surface area (Å²) in [7, 11) is 0. The molecule has 1 nitrogen and oxygen atoms in total. The summed E-state index contributed by atoms with van der Waals surface area (Å²) in [6.45, 7) is 0. The van der Waals surface area contributed by atoms with Gasteiger partial charge in [0.1, 0.15) is 0 Å². The zero-order valence-electron chi connectivity index (χ0n) is 12.2. The molecule has 1 N–H and O–H groups in total. The zero-order chi connectivity index (χ0) is 14.6. The van der Waals surface area contributed by atoms with Gasteiger partial charge < -0.3 is 5.11 Å². The summed E-state index contributed by atoms with van der Waals surface area (Å²) in [5.41, 5.74) is 0. The minimum Gasteiger partial charge on any atom is -0.393 e. The molecule has 2 saturated carbocycles. The van der Waals surface area contributed by atoms with Crippen LogP contribution in [0, 0.1) is 17.8 Å². The van der Waals surface area contributed by atoms with E-state index >= 15 is 0 Å². The average molecular weight is 292 g/mol. The van der Waals surface area contributed by atoms with Gasteiger partial charge in [0, 0.05) is 6.42 Å². The predicted octanol–water partition coefficient (Wildman–Crippen LogP) is 5.08. The average Bonchev–Trinajstić information content (AvgIpc) is 2.39. The van der Waals surface area contributed by atoms with Crippen molar-refractivity contribution in [1.82, 2.24) is 0 Å². The van der Waals surface area contributed by atoms with Gasteiger partial charge >= 0.3 is 6.18 Å². The number of hydrogen-bond donors (Lipinski definition) is 1. The van der Waals surface area contributed by atoms with Crippen molar-refractivity contribution in [2.24, 2.45) is 17.8 Å². The molecule has 2 rings (SSSR count). The summed E-state index contributed by atoms with van der Waals surface area (Å²) in [4.78, 5) is 0. The van der Waals surface area contributed by atoms with E-state index in [0.717, 1.165) is 56.8 Å². The molecule has 0 atom stereocenters. The van der Waals surface area contributed by atoms with Crippen LogP contribution in [0.15, 0.2) is 0 Å². The quantitative estimate of drug-likeness (QED) is 0.766. The van der Waals surface area contributed by atoms with Gasteiger partial charge in [0.05, 0.1) is 6.10 Å². The lowest BCUT2D eigenvalue weighted by Gasteiger charge is -2.37. The van der Waals surface area contributed by atoms with Crippen LogP contribution in [0.5, 0.6) is 0 Å². The fraction of sp³-hybridized carbons (Fsp3) is 1.00. The van der Waals surface area contributed by atoms with E-state index in [1.165, 1.54) is 12.8 Å². The molecule has 0 spiro atoms. The van der Waals surface area contributed by atoms with E-state index < -0.39 is 12.6 Å². The first kappa shape index (κ1) is 16.1. The summed E-state index contributed by atoms with van der Waals surface area (Å²) in [5.74, 6) is 2.04. The maximum atomic E-state index is 12.1. The fourth-order valence-electron chi connectivity index (χ4n) is 4.11. The molecule has 0 amide bonds. The van der Waals surface area contributed by atoms with Crippen molar-refractivity contribution in [1.29, 1.82) is 0 Å². The molecule has 0 saturated heterocycles. The first-order valence-electron chi connectivity index (χ1n) is 8.19. The van der Waals surface area contributed by atoms with Crippen molar-refractivity contribution < 1.29 is 18.3 Å². The lowest BCUT2D eigenvalue weighted by molar-refractivity contribution is -0.136. The van der Waals surface area contributed by atoms with E-state index in [4.69, 9.17) is 0 Å². The van der Waals surface area contributed by atoms with Gasteiger partial charge in [-0.3, -0.25) is 0 Å². The first-order chi connectivity index (χ1) is 9.44. The molecule has 2 fully saturated rings. The Morgan fingerprint density at radius 3 is 1.80 bits per heavy atom. The van der Waals surface area contributed by atoms with Crippen LogP contribution >= 0.6 is 0 Å². The molecule has 0 heterocycles. The second kappa shape index (κ2) is 7.15. The van der Waals surface area contributed by atoms with Gasteiger partial charge in [-0.25, -0.2) is 0 Å². The predicted molar refractivity (Wildman–Crippen MR) is 73.3 cm³/mol. The Bertz CT molecular complexity index is 274. The molecule has 2 aliphatic rings. The number of aliphatic hydroxyl groups is 1. The molecule has 20 heavy (non-hydrogen) atoms. The number of rotatable bonds is 4. The van der Waals surface area contributed by atoms with Crippen LogP contribution in [0.3, 0.4) is 0 Å². The second-order valence-electron chi connectivity index (χ2n) is 6.86. The van der Waals surface area contributed by atoms with Crippen molar-refractivity contribution in [3.05, 3.63) is 0 Å². The highest BCUT2D eigenvalue weighted by atomic mass is 19.4. The van der Waals surface area contributed by atoms with Crippen LogP contribution in [-0.2, 0) is 0 Å². The van der Waals surface area contributed by atoms with E-state index in [1.54, 1.807) is 0 Å². The molecule has 0 aromatic heterocycles. The van der Waals surface area contributed by atoms with Gasteiger partial charge in [0.15, 0.2) is 0 Å². The zero-order valence-corrected chi connectivity index (χ0v) is 12.2. The SMILES string of the molecule is OC1CCC(C2CCC(CCCC(F)(F)F)CC2)CC1. The van der Waals surface area contributed by atoms with E-state index in [1.807, 2.05) is 0 Å². The normalized spacial score (nSPS) is 36.0. The van der Waals surface area contributed by atoms with Crippen molar-refractivity contribution in [3.8, 4) is 0 Å². The lowest BCUT2D eigenvalue weighted by Crippen LogP contribution is -2.27. The third-order valence-electron chi connectivity index (χ3n) is 5.37. The molecule has 0 radical (unpaired) electrons. The van der Waals surface area contributed by atoms with Gasteiger partial charge in [0.25, 0.3) is 0 Å². The summed E-state index contributed by atoms with van der Waals surface area (Å²) >= 11 is 0.